The molecule has 0 spiro atoms. The molecule has 0 saturated heterocycles. The van der Waals surface area contributed by atoms with Crippen LogP contribution in [0.25, 0.3) is 10.4 Å². The highest BCUT2D eigenvalue weighted by Crippen LogP contribution is 2.22. The van der Waals surface area contributed by atoms with Gasteiger partial charge < -0.3 is 39.4 Å². The van der Waals surface area contributed by atoms with Gasteiger partial charge in [0.2, 0.25) is 0 Å². The summed E-state index contributed by atoms with van der Waals surface area (Å²) in [5.74, 6) is 0. The zero-order valence-electron chi connectivity index (χ0n) is 46.2. The molecule has 0 aliphatic heterocycles. The molecule has 0 aromatic carbocycles. The number of hydrogen-bond acceptors (Lipinski definition) is 9. The third kappa shape index (κ3) is 43.9. The van der Waals surface area contributed by atoms with Gasteiger partial charge in [-0.3, -0.25) is 0 Å². The Bertz CT molecular complexity index is 1440. The fourth-order valence-electron chi connectivity index (χ4n) is 7.70. The van der Waals surface area contributed by atoms with Crippen LogP contribution >= 0.6 is 0 Å². The van der Waals surface area contributed by atoms with E-state index in [-0.39, 0.29) is 12.1 Å². The van der Waals surface area contributed by atoms with Gasteiger partial charge in [0.15, 0.2) is 0 Å². The van der Waals surface area contributed by atoms with Crippen molar-refractivity contribution in [3.63, 3.8) is 0 Å². The van der Waals surface area contributed by atoms with E-state index in [1.54, 1.807) is 4.90 Å². The first-order valence-electron chi connectivity index (χ1n) is 27.0. The lowest BCUT2D eigenvalue weighted by Gasteiger charge is -2.34. The lowest BCUT2D eigenvalue weighted by atomic mass is 10.0. The summed E-state index contributed by atoms with van der Waals surface area (Å²) >= 11 is 0. The molecule has 0 bridgehead atoms. The molecule has 0 heterocycles. The first-order chi connectivity index (χ1) is 32.4. The molecule has 0 aromatic heterocycles. The van der Waals surface area contributed by atoms with Crippen molar-refractivity contribution < 1.29 is 38.1 Å². The van der Waals surface area contributed by atoms with Crippen molar-refractivity contribution in [2.24, 2.45) is 5.11 Å². The van der Waals surface area contributed by atoms with Gasteiger partial charge in [0.05, 0.1) is 0 Å². The maximum atomic E-state index is 13.9. The van der Waals surface area contributed by atoms with E-state index < -0.39 is 40.7 Å². The average Bonchev–Trinajstić information content (AvgIpc) is 3.21. The summed E-state index contributed by atoms with van der Waals surface area (Å²) in [6.45, 7) is 24.8. The molecule has 0 radical (unpaired) electrons. The lowest BCUT2D eigenvalue weighted by molar-refractivity contribution is 0.0113. The Kier molecular flexibility index (Phi) is 35.8. The van der Waals surface area contributed by atoms with Gasteiger partial charge in [-0.15, -0.1) is 0 Å². The SMILES string of the molecule is CC(C)(C)OC(=O)NCCCC(CCCN(CCCNC(=O)OC(C)(C)C)C(=O)OC(C)(C)C)N(CCCCCCCCCCCC=CCCCCCCCCCCCN=[N+]=[N-])C(=O)OC(C)(C)C. The van der Waals surface area contributed by atoms with E-state index in [0.717, 1.165) is 25.7 Å². The second-order valence-corrected chi connectivity index (χ2v) is 22.7. The van der Waals surface area contributed by atoms with Crippen LogP contribution in [0, 0.1) is 0 Å². The number of nitrogens with one attached hydrogen (secondary N) is 2. The zero-order chi connectivity index (χ0) is 52.0. The average molecular weight is 978 g/mol. The standard InChI is InChI=1S/C54H103N7O8/c1-51(2,3)66-47(62)56-40-35-38-46(39-36-43-60(49(64)68-53(7,8)9)44-37-41-57-48(63)67-52(4,5)6)61(50(65)69-54(10,11)12)45-34-32-30-28-26-24-22-20-18-16-14-13-15-17-19-21-23-25-27-29-31-33-42-58-59-55/h13-14,46H,15-45H2,1-12H3,(H,56,62)(H,57,63). The molecule has 0 aliphatic carbocycles. The summed E-state index contributed by atoms with van der Waals surface area (Å²) in [4.78, 5) is 58.3. The van der Waals surface area contributed by atoms with Crippen LogP contribution < -0.4 is 10.6 Å². The maximum absolute atomic E-state index is 13.9. The number of nitrogens with zero attached hydrogens (tertiary/aromatic N) is 5. The second kappa shape index (κ2) is 37.9. The molecular weight excluding hydrogens is 875 g/mol. The largest absolute Gasteiger partial charge is 0.444 e. The van der Waals surface area contributed by atoms with Crippen LogP contribution in [0.5, 0.6) is 0 Å². The van der Waals surface area contributed by atoms with Crippen LogP contribution in [0.3, 0.4) is 0 Å². The third-order valence-electron chi connectivity index (χ3n) is 11.0. The number of hydrogen-bond donors (Lipinski definition) is 2. The van der Waals surface area contributed by atoms with Crippen molar-refractivity contribution in [3.8, 4) is 0 Å². The second-order valence-electron chi connectivity index (χ2n) is 22.7. The molecule has 1 unspecified atom stereocenters. The van der Waals surface area contributed by atoms with E-state index >= 15 is 0 Å². The molecule has 15 heteroatoms. The Morgan fingerprint density at radius 1 is 0.478 bits per heavy atom. The van der Waals surface area contributed by atoms with Gasteiger partial charge in [-0.1, -0.05) is 107 Å². The minimum Gasteiger partial charge on any atom is -0.444 e. The topological polar surface area (TPSA) is 184 Å². The van der Waals surface area contributed by atoms with Crippen LogP contribution in [0.2, 0.25) is 0 Å². The summed E-state index contributed by atoms with van der Waals surface area (Å²) in [5, 5.41) is 9.23. The predicted molar refractivity (Wildman–Crippen MR) is 282 cm³/mol. The van der Waals surface area contributed by atoms with E-state index in [2.05, 4.69) is 32.8 Å². The first kappa shape index (κ1) is 65.1. The Balaban J connectivity index is 5.17. The van der Waals surface area contributed by atoms with Gasteiger partial charge in [0.1, 0.15) is 22.4 Å². The molecule has 0 saturated carbocycles. The maximum Gasteiger partial charge on any atom is 0.410 e. The number of allylic oxidation sites excluding steroid dienone is 2. The number of carbonyl (C=O) groups excluding carboxylic acids is 4. The molecule has 15 nitrogen and oxygen atoms in total. The fourth-order valence-corrected chi connectivity index (χ4v) is 7.70. The van der Waals surface area contributed by atoms with Crippen LogP contribution in [0.15, 0.2) is 17.3 Å². The number of azide groups is 1. The Hall–Kier alpha value is -3.87. The van der Waals surface area contributed by atoms with Crippen molar-refractivity contribution >= 4 is 24.4 Å². The molecule has 2 N–H and O–H groups in total. The number of alkyl carbamates (subject to hydrolysis) is 2. The van der Waals surface area contributed by atoms with Crippen LogP contribution in [0.1, 0.15) is 244 Å². The Morgan fingerprint density at radius 2 is 0.855 bits per heavy atom. The Labute approximate surface area is 420 Å². The molecule has 4 amide bonds. The van der Waals surface area contributed by atoms with E-state index in [0.29, 0.717) is 71.4 Å². The molecule has 0 rings (SSSR count). The monoisotopic (exact) mass is 978 g/mol. The smallest absolute Gasteiger partial charge is 0.410 e. The highest BCUT2D eigenvalue weighted by Gasteiger charge is 2.29. The quantitative estimate of drug-likeness (QED) is 0.0154. The number of unbranched alkanes of at least 4 members (excludes halogenated alkanes) is 18. The van der Waals surface area contributed by atoms with E-state index in [1.807, 2.05) is 88.0 Å². The van der Waals surface area contributed by atoms with Gasteiger partial charge in [-0.2, -0.15) is 0 Å². The number of rotatable bonds is 37. The zero-order valence-corrected chi connectivity index (χ0v) is 46.2. The molecular formula is C54H103N7O8. The van der Waals surface area contributed by atoms with Gasteiger partial charge >= 0.3 is 24.4 Å². The van der Waals surface area contributed by atoms with Crippen LogP contribution in [0.4, 0.5) is 19.2 Å². The lowest BCUT2D eigenvalue weighted by Crippen LogP contribution is -2.45. The molecule has 69 heavy (non-hydrogen) atoms. The molecule has 0 aliphatic rings. The summed E-state index contributed by atoms with van der Waals surface area (Å²) in [7, 11) is 0. The van der Waals surface area contributed by atoms with E-state index in [1.165, 1.54) is 103 Å². The molecule has 1 atom stereocenters. The van der Waals surface area contributed by atoms with E-state index in [9.17, 15) is 19.2 Å². The van der Waals surface area contributed by atoms with Crippen molar-refractivity contribution in [3.05, 3.63) is 22.6 Å². The molecule has 0 fully saturated rings. The molecule has 0 aromatic rings. The third-order valence-corrected chi connectivity index (χ3v) is 11.0. The minimum atomic E-state index is -0.682. The number of ether oxygens (including phenoxy) is 4. The first-order valence-corrected chi connectivity index (χ1v) is 27.0. The van der Waals surface area contributed by atoms with Gasteiger partial charge in [-0.05, 0) is 159 Å². The van der Waals surface area contributed by atoms with E-state index in [4.69, 9.17) is 24.5 Å². The van der Waals surface area contributed by atoms with Crippen molar-refractivity contribution in [2.75, 3.05) is 39.3 Å². The highest BCUT2D eigenvalue weighted by atomic mass is 16.6. The van der Waals surface area contributed by atoms with Crippen molar-refractivity contribution in [1.29, 1.82) is 0 Å². The predicted octanol–water partition coefficient (Wildman–Crippen LogP) is 15.5. The van der Waals surface area contributed by atoms with Crippen LogP contribution in [-0.2, 0) is 18.9 Å². The van der Waals surface area contributed by atoms with Crippen LogP contribution in [-0.4, -0.2) is 102 Å². The van der Waals surface area contributed by atoms with Gasteiger partial charge in [-0.25, -0.2) is 19.2 Å². The van der Waals surface area contributed by atoms with Crippen molar-refractivity contribution in [2.45, 2.75) is 272 Å². The minimum absolute atomic E-state index is 0.190. The molecule has 402 valence electrons. The normalized spacial score (nSPS) is 12.5. The van der Waals surface area contributed by atoms with Crippen molar-refractivity contribution in [1.82, 2.24) is 20.4 Å². The summed E-state index contributed by atoms with van der Waals surface area (Å²) < 4.78 is 22.6. The highest BCUT2D eigenvalue weighted by molar-refractivity contribution is 5.69. The summed E-state index contributed by atoms with van der Waals surface area (Å²) in [6, 6.07) is -0.190. The Morgan fingerprint density at radius 3 is 1.30 bits per heavy atom. The number of amides is 4. The number of carbonyl (C=O) groups is 4. The van der Waals surface area contributed by atoms with Gasteiger partial charge in [0.25, 0.3) is 0 Å². The summed E-state index contributed by atoms with van der Waals surface area (Å²) in [6.07, 6.45) is 30.1. The van der Waals surface area contributed by atoms with Gasteiger partial charge in [0, 0.05) is 50.2 Å². The summed E-state index contributed by atoms with van der Waals surface area (Å²) in [5.41, 5.74) is 5.75. The fraction of sp³-hybridized carbons (Fsp3) is 0.889.